The molecule has 1 saturated heterocycles. The lowest BCUT2D eigenvalue weighted by molar-refractivity contribution is 0.394. The van der Waals surface area contributed by atoms with Gasteiger partial charge in [0, 0.05) is 23.7 Å². The topological polar surface area (TPSA) is 64.7 Å². The van der Waals surface area contributed by atoms with Gasteiger partial charge in [0.25, 0.3) is 0 Å². The van der Waals surface area contributed by atoms with Gasteiger partial charge in [-0.1, -0.05) is 6.07 Å². The van der Waals surface area contributed by atoms with E-state index in [0.717, 1.165) is 39.8 Å². The van der Waals surface area contributed by atoms with Crippen molar-refractivity contribution >= 4 is 23.0 Å². The van der Waals surface area contributed by atoms with Crippen LogP contribution in [0.2, 0.25) is 0 Å². The van der Waals surface area contributed by atoms with Crippen LogP contribution in [0.4, 0.5) is 5.69 Å². The Balaban J connectivity index is 1.65. The number of pyridine rings is 1. The number of anilines is 1. The summed E-state index contributed by atoms with van der Waals surface area (Å²) in [5.41, 5.74) is 5.24. The van der Waals surface area contributed by atoms with Crippen molar-refractivity contribution in [2.24, 2.45) is 0 Å². The van der Waals surface area contributed by atoms with Crippen LogP contribution in [0.5, 0.6) is 11.5 Å². The number of nitrogens with one attached hydrogen (secondary N) is 1. The van der Waals surface area contributed by atoms with Crippen molar-refractivity contribution in [3.05, 3.63) is 95.5 Å². The number of aryl methyl sites for hydroxylation is 1. The molecule has 1 aliphatic rings. The summed E-state index contributed by atoms with van der Waals surface area (Å²) >= 11 is 5.90. The summed E-state index contributed by atoms with van der Waals surface area (Å²) < 4.78 is 19.1. The second-order valence-electron chi connectivity index (χ2n) is 8.53. The van der Waals surface area contributed by atoms with E-state index in [0.29, 0.717) is 17.4 Å². The van der Waals surface area contributed by atoms with Gasteiger partial charge in [-0.3, -0.25) is 4.98 Å². The molecule has 0 aliphatic carbocycles. The molecule has 1 aromatic carbocycles. The summed E-state index contributed by atoms with van der Waals surface area (Å²) in [5.74, 6) is 2.32. The number of furan rings is 1. The summed E-state index contributed by atoms with van der Waals surface area (Å²) in [6.45, 7) is 4.93. The summed E-state index contributed by atoms with van der Waals surface area (Å²) in [6, 6.07) is 17.6. The molecule has 0 saturated carbocycles. The lowest BCUT2D eigenvalue weighted by atomic mass is 9.96. The zero-order valence-corrected chi connectivity index (χ0v) is 21.0. The summed E-state index contributed by atoms with van der Waals surface area (Å²) in [6.07, 6.45) is 3.52. The molecule has 0 unspecified atom stereocenters. The van der Waals surface area contributed by atoms with Crippen molar-refractivity contribution in [3.63, 3.8) is 0 Å². The molecule has 0 spiro atoms. The largest absolute Gasteiger partial charge is 0.497 e. The number of hydrogen-bond acceptors (Lipinski definition) is 5. The standard InChI is InChI=1S/C27H28N4O3S/c1-17-14-21(18(2)30(17)16-20-8-7-13-34-20)26-25(22-9-5-6-12-28-22)29-27(35)31(26)23-11-10-19(32-3)15-24(23)33-4/h5-15,25-26H,16H2,1-4H3,(H,29,35)/t25-,26+/m1/s1. The molecule has 35 heavy (non-hydrogen) atoms. The van der Waals surface area contributed by atoms with Crippen LogP contribution < -0.4 is 19.7 Å². The normalized spacial score (nSPS) is 17.5. The van der Waals surface area contributed by atoms with Crippen molar-refractivity contribution in [3.8, 4) is 11.5 Å². The second-order valence-corrected chi connectivity index (χ2v) is 8.91. The molecule has 0 radical (unpaired) electrons. The van der Waals surface area contributed by atoms with Gasteiger partial charge in [-0.2, -0.15) is 0 Å². The molecule has 8 heteroatoms. The second kappa shape index (κ2) is 9.46. The molecule has 0 bridgehead atoms. The molecule has 3 aromatic heterocycles. The lowest BCUT2D eigenvalue weighted by Gasteiger charge is -2.29. The fourth-order valence-corrected chi connectivity index (χ4v) is 5.18. The van der Waals surface area contributed by atoms with Crippen LogP contribution in [0.15, 0.2) is 71.5 Å². The Morgan fingerprint density at radius 3 is 2.60 bits per heavy atom. The minimum atomic E-state index is -0.145. The van der Waals surface area contributed by atoms with Crippen molar-refractivity contribution < 1.29 is 13.9 Å². The third-order valence-electron chi connectivity index (χ3n) is 6.57. The summed E-state index contributed by atoms with van der Waals surface area (Å²) in [5, 5.41) is 4.14. The number of methoxy groups -OCH3 is 2. The fraction of sp³-hybridized carbons (Fsp3) is 0.259. The van der Waals surface area contributed by atoms with Crippen LogP contribution in [-0.4, -0.2) is 28.9 Å². The molecular formula is C27H28N4O3S. The first-order chi connectivity index (χ1) is 17.0. The zero-order valence-electron chi connectivity index (χ0n) is 20.2. The van der Waals surface area contributed by atoms with E-state index in [4.69, 9.17) is 26.1 Å². The van der Waals surface area contributed by atoms with Gasteiger partial charge in [-0.05, 0) is 74.1 Å². The van der Waals surface area contributed by atoms with E-state index in [-0.39, 0.29) is 12.1 Å². The summed E-state index contributed by atoms with van der Waals surface area (Å²) in [7, 11) is 3.30. The number of thiocarbonyl (C=S) groups is 1. The summed E-state index contributed by atoms with van der Waals surface area (Å²) in [4.78, 5) is 6.80. The van der Waals surface area contributed by atoms with Gasteiger partial charge in [-0.25, -0.2) is 0 Å². The van der Waals surface area contributed by atoms with E-state index < -0.39 is 0 Å². The van der Waals surface area contributed by atoms with Gasteiger partial charge in [0.05, 0.1) is 50.5 Å². The number of hydrogen-bond donors (Lipinski definition) is 1. The zero-order chi connectivity index (χ0) is 24.5. The Bertz CT molecular complexity index is 1330. The fourth-order valence-electron chi connectivity index (χ4n) is 4.84. The third-order valence-corrected chi connectivity index (χ3v) is 6.88. The van der Waals surface area contributed by atoms with Crippen LogP contribution in [-0.2, 0) is 6.54 Å². The first kappa shape index (κ1) is 23.0. The van der Waals surface area contributed by atoms with Crippen molar-refractivity contribution in [2.45, 2.75) is 32.5 Å². The molecule has 1 N–H and O–H groups in total. The monoisotopic (exact) mass is 488 g/mol. The van der Waals surface area contributed by atoms with Crippen LogP contribution in [0.3, 0.4) is 0 Å². The maximum atomic E-state index is 5.90. The van der Waals surface area contributed by atoms with Crippen molar-refractivity contribution in [1.29, 1.82) is 0 Å². The number of aromatic nitrogens is 2. The van der Waals surface area contributed by atoms with Crippen LogP contribution in [0, 0.1) is 13.8 Å². The van der Waals surface area contributed by atoms with E-state index in [1.54, 1.807) is 20.5 Å². The highest BCUT2D eigenvalue weighted by atomic mass is 32.1. The number of benzene rings is 1. The highest BCUT2D eigenvalue weighted by Gasteiger charge is 2.43. The molecule has 0 amide bonds. The maximum Gasteiger partial charge on any atom is 0.174 e. The average Bonchev–Trinajstić information content (AvgIpc) is 3.59. The molecule has 7 nitrogen and oxygen atoms in total. The third kappa shape index (κ3) is 4.14. The predicted octanol–water partition coefficient (Wildman–Crippen LogP) is 5.34. The Labute approximate surface area is 210 Å². The molecule has 2 atom stereocenters. The Kier molecular flexibility index (Phi) is 6.21. The molecule has 5 rings (SSSR count). The van der Waals surface area contributed by atoms with E-state index in [9.17, 15) is 0 Å². The lowest BCUT2D eigenvalue weighted by Crippen LogP contribution is -2.30. The van der Waals surface area contributed by atoms with Gasteiger partial charge in [0.15, 0.2) is 5.11 Å². The number of nitrogens with zero attached hydrogens (tertiary/aromatic N) is 3. The number of ether oxygens (including phenoxy) is 2. The van der Waals surface area contributed by atoms with E-state index in [1.165, 1.54) is 0 Å². The minimum Gasteiger partial charge on any atom is -0.497 e. The molecule has 4 aromatic rings. The van der Waals surface area contributed by atoms with Crippen molar-refractivity contribution in [2.75, 3.05) is 19.1 Å². The van der Waals surface area contributed by atoms with Gasteiger partial charge in [-0.15, -0.1) is 0 Å². The Morgan fingerprint density at radius 2 is 1.91 bits per heavy atom. The quantitative estimate of drug-likeness (QED) is 0.353. The highest BCUT2D eigenvalue weighted by molar-refractivity contribution is 7.80. The van der Waals surface area contributed by atoms with Gasteiger partial charge in [0.1, 0.15) is 17.3 Å². The Morgan fingerprint density at radius 1 is 1.06 bits per heavy atom. The smallest absolute Gasteiger partial charge is 0.174 e. The highest BCUT2D eigenvalue weighted by Crippen LogP contribution is 2.46. The maximum absolute atomic E-state index is 5.90. The Hall–Kier alpha value is -3.78. The SMILES string of the molecule is COc1ccc(N2C(=S)N[C@H](c3ccccn3)[C@@H]2c2cc(C)n(Cc3ccco3)c2C)c(OC)c1. The van der Waals surface area contributed by atoms with Crippen LogP contribution >= 0.6 is 12.2 Å². The van der Waals surface area contributed by atoms with Gasteiger partial charge < -0.3 is 28.7 Å². The molecule has 1 fully saturated rings. The van der Waals surface area contributed by atoms with Crippen LogP contribution in [0.1, 0.15) is 40.5 Å². The number of rotatable bonds is 7. The molecular weight excluding hydrogens is 460 g/mol. The van der Waals surface area contributed by atoms with E-state index >= 15 is 0 Å². The van der Waals surface area contributed by atoms with E-state index in [1.807, 2.05) is 54.7 Å². The molecule has 4 heterocycles. The first-order valence-corrected chi connectivity index (χ1v) is 11.8. The van der Waals surface area contributed by atoms with Crippen molar-refractivity contribution in [1.82, 2.24) is 14.9 Å². The predicted molar refractivity (Wildman–Crippen MR) is 139 cm³/mol. The van der Waals surface area contributed by atoms with Gasteiger partial charge >= 0.3 is 0 Å². The first-order valence-electron chi connectivity index (χ1n) is 11.4. The molecule has 180 valence electrons. The molecule has 1 aliphatic heterocycles. The van der Waals surface area contributed by atoms with Gasteiger partial charge in [0.2, 0.25) is 0 Å². The minimum absolute atomic E-state index is 0.142. The average molecular weight is 489 g/mol. The van der Waals surface area contributed by atoms with E-state index in [2.05, 4.69) is 39.7 Å². The van der Waals surface area contributed by atoms with Crippen LogP contribution in [0.25, 0.3) is 0 Å².